The number of rotatable bonds is 6. The van der Waals surface area contributed by atoms with Crippen molar-refractivity contribution in [1.29, 1.82) is 0 Å². The molecule has 0 saturated carbocycles. The third-order valence-electron chi connectivity index (χ3n) is 3.76. The molecule has 2 atom stereocenters. The molecule has 118 valence electrons. The Morgan fingerprint density at radius 1 is 1.43 bits per heavy atom. The summed E-state index contributed by atoms with van der Waals surface area (Å²) in [6.45, 7) is 4.62. The number of nitrogens with one attached hydrogen (secondary N) is 2. The number of hydrogen-bond donors (Lipinski definition) is 3. The number of anilines is 1. The van der Waals surface area contributed by atoms with E-state index in [1.807, 2.05) is 6.92 Å². The third-order valence-corrected chi connectivity index (χ3v) is 5.36. The van der Waals surface area contributed by atoms with Gasteiger partial charge >= 0.3 is 0 Å². The zero-order valence-corrected chi connectivity index (χ0v) is 13.1. The molecule has 0 spiro atoms. The van der Waals surface area contributed by atoms with Gasteiger partial charge < -0.3 is 15.2 Å². The minimum atomic E-state index is -3.55. The smallest absolute Gasteiger partial charge is 0.242 e. The Bertz CT molecular complexity index is 590. The Morgan fingerprint density at radius 3 is 2.76 bits per heavy atom. The van der Waals surface area contributed by atoms with Crippen molar-refractivity contribution >= 4 is 15.7 Å². The standard InChI is InChI=1S/C14H22N2O4S/c1-3-16-21(18,19)13-7-5-4-6-12(13)15-10-14(17)8-9-20-11(14)2/h4-7,11,15-17H,3,8-10H2,1-2H3. The highest BCUT2D eigenvalue weighted by Crippen LogP contribution is 2.27. The van der Waals surface area contributed by atoms with Gasteiger partial charge in [0.25, 0.3) is 0 Å². The van der Waals surface area contributed by atoms with E-state index in [2.05, 4.69) is 10.0 Å². The number of sulfonamides is 1. The minimum Gasteiger partial charge on any atom is -0.385 e. The molecule has 6 nitrogen and oxygen atoms in total. The molecule has 0 aliphatic carbocycles. The van der Waals surface area contributed by atoms with E-state index in [0.717, 1.165) is 0 Å². The summed E-state index contributed by atoms with van der Waals surface area (Å²) in [7, 11) is -3.55. The average molecular weight is 314 g/mol. The topological polar surface area (TPSA) is 87.7 Å². The molecular formula is C14H22N2O4S. The molecule has 1 aromatic rings. The van der Waals surface area contributed by atoms with Gasteiger partial charge in [0.1, 0.15) is 10.5 Å². The van der Waals surface area contributed by atoms with Gasteiger partial charge in [0.15, 0.2) is 0 Å². The van der Waals surface area contributed by atoms with Crippen LogP contribution >= 0.6 is 0 Å². The monoisotopic (exact) mass is 314 g/mol. The predicted molar refractivity (Wildman–Crippen MR) is 80.8 cm³/mol. The van der Waals surface area contributed by atoms with E-state index in [9.17, 15) is 13.5 Å². The molecule has 1 fully saturated rings. The van der Waals surface area contributed by atoms with Gasteiger partial charge in [-0.05, 0) is 19.1 Å². The lowest BCUT2D eigenvalue weighted by molar-refractivity contribution is -0.0176. The Labute approximate surface area is 125 Å². The van der Waals surface area contributed by atoms with E-state index in [-0.39, 0.29) is 17.5 Å². The van der Waals surface area contributed by atoms with Gasteiger partial charge in [0, 0.05) is 26.1 Å². The van der Waals surface area contributed by atoms with Crippen molar-refractivity contribution < 1.29 is 18.3 Å². The van der Waals surface area contributed by atoms with E-state index in [4.69, 9.17) is 4.74 Å². The molecule has 2 rings (SSSR count). The van der Waals surface area contributed by atoms with Gasteiger partial charge in [0.05, 0.1) is 11.8 Å². The fraction of sp³-hybridized carbons (Fsp3) is 0.571. The van der Waals surface area contributed by atoms with E-state index >= 15 is 0 Å². The second kappa shape index (κ2) is 6.31. The lowest BCUT2D eigenvalue weighted by Crippen LogP contribution is -2.43. The van der Waals surface area contributed by atoms with Crippen LogP contribution in [0.3, 0.4) is 0 Å². The van der Waals surface area contributed by atoms with Crippen molar-refractivity contribution in [2.24, 2.45) is 0 Å². The number of ether oxygens (including phenoxy) is 1. The average Bonchev–Trinajstić information content (AvgIpc) is 2.77. The van der Waals surface area contributed by atoms with Crippen LogP contribution in [0.5, 0.6) is 0 Å². The van der Waals surface area contributed by atoms with Crippen LogP contribution in [0.25, 0.3) is 0 Å². The highest BCUT2D eigenvalue weighted by molar-refractivity contribution is 7.89. The number of para-hydroxylation sites is 1. The SMILES string of the molecule is CCNS(=O)(=O)c1ccccc1NCC1(O)CCOC1C. The molecule has 1 aliphatic rings. The van der Waals surface area contributed by atoms with E-state index in [1.165, 1.54) is 0 Å². The maximum atomic E-state index is 12.2. The third kappa shape index (κ3) is 3.55. The molecule has 3 N–H and O–H groups in total. The lowest BCUT2D eigenvalue weighted by Gasteiger charge is -2.27. The van der Waals surface area contributed by atoms with Gasteiger partial charge in [0.2, 0.25) is 10.0 Å². The zero-order valence-electron chi connectivity index (χ0n) is 12.3. The Kier molecular flexibility index (Phi) is 4.88. The Hall–Kier alpha value is -1.15. The van der Waals surface area contributed by atoms with Gasteiger partial charge in [-0.15, -0.1) is 0 Å². The molecule has 1 heterocycles. The molecule has 0 bridgehead atoms. The molecule has 0 aromatic heterocycles. The largest absolute Gasteiger partial charge is 0.385 e. The zero-order chi connectivity index (χ0) is 15.5. The van der Waals surface area contributed by atoms with Gasteiger partial charge in [-0.25, -0.2) is 13.1 Å². The normalized spacial score (nSPS) is 26.0. The van der Waals surface area contributed by atoms with E-state index in [1.54, 1.807) is 31.2 Å². The van der Waals surface area contributed by atoms with Crippen molar-refractivity contribution in [3.8, 4) is 0 Å². The summed E-state index contributed by atoms with van der Waals surface area (Å²) >= 11 is 0. The summed E-state index contributed by atoms with van der Waals surface area (Å²) in [6, 6.07) is 6.66. The first-order chi connectivity index (χ1) is 9.89. The summed E-state index contributed by atoms with van der Waals surface area (Å²) in [6.07, 6.45) is 0.256. The van der Waals surface area contributed by atoms with Crippen LogP contribution in [0, 0.1) is 0 Å². The van der Waals surface area contributed by atoms with E-state index in [0.29, 0.717) is 25.3 Å². The van der Waals surface area contributed by atoms with Gasteiger partial charge in [-0.3, -0.25) is 0 Å². The number of benzene rings is 1. The number of hydrogen-bond acceptors (Lipinski definition) is 5. The van der Waals surface area contributed by atoms with Crippen molar-refractivity contribution in [2.45, 2.75) is 36.9 Å². The highest BCUT2D eigenvalue weighted by Gasteiger charge is 2.39. The molecule has 7 heteroatoms. The van der Waals surface area contributed by atoms with Crippen LogP contribution in [0.4, 0.5) is 5.69 Å². The summed E-state index contributed by atoms with van der Waals surface area (Å²) in [4.78, 5) is 0.182. The molecule has 2 unspecified atom stereocenters. The predicted octanol–water partition coefficient (Wildman–Crippen LogP) is 0.937. The van der Waals surface area contributed by atoms with Crippen LogP contribution in [0.2, 0.25) is 0 Å². The van der Waals surface area contributed by atoms with Gasteiger partial charge in [-0.2, -0.15) is 0 Å². The summed E-state index contributed by atoms with van der Waals surface area (Å²) < 4.78 is 32.2. The highest BCUT2D eigenvalue weighted by atomic mass is 32.2. The van der Waals surface area contributed by atoms with Crippen LogP contribution < -0.4 is 10.0 Å². The maximum absolute atomic E-state index is 12.2. The minimum absolute atomic E-state index is 0.182. The summed E-state index contributed by atoms with van der Waals surface area (Å²) in [5.74, 6) is 0. The second-order valence-electron chi connectivity index (χ2n) is 5.22. The summed E-state index contributed by atoms with van der Waals surface area (Å²) in [5.41, 5.74) is -0.499. The molecule has 1 aromatic carbocycles. The van der Waals surface area contributed by atoms with Crippen molar-refractivity contribution in [3.05, 3.63) is 24.3 Å². The first-order valence-electron chi connectivity index (χ1n) is 7.05. The van der Waals surface area contributed by atoms with Crippen molar-refractivity contribution in [2.75, 3.05) is 25.0 Å². The maximum Gasteiger partial charge on any atom is 0.242 e. The quantitative estimate of drug-likeness (QED) is 0.727. The molecular weight excluding hydrogens is 292 g/mol. The first kappa shape index (κ1) is 16.2. The first-order valence-corrected chi connectivity index (χ1v) is 8.54. The molecule has 1 aliphatic heterocycles. The lowest BCUT2D eigenvalue weighted by atomic mass is 9.96. The molecule has 0 amide bonds. The van der Waals surface area contributed by atoms with Crippen LogP contribution in [-0.2, 0) is 14.8 Å². The Morgan fingerprint density at radius 2 is 2.14 bits per heavy atom. The molecule has 0 radical (unpaired) electrons. The number of aliphatic hydroxyl groups is 1. The Balaban J connectivity index is 2.18. The molecule has 21 heavy (non-hydrogen) atoms. The van der Waals surface area contributed by atoms with Crippen LogP contribution in [0.15, 0.2) is 29.2 Å². The fourth-order valence-corrected chi connectivity index (χ4v) is 3.59. The van der Waals surface area contributed by atoms with Crippen molar-refractivity contribution in [1.82, 2.24) is 4.72 Å². The second-order valence-corrected chi connectivity index (χ2v) is 6.95. The van der Waals surface area contributed by atoms with Crippen LogP contribution in [0.1, 0.15) is 20.3 Å². The van der Waals surface area contributed by atoms with E-state index < -0.39 is 15.6 Å². The summed E-state index contributed by atoms with van der Waals surface area (Å²) in [5, 5.41) is 13.5. The van der Waals surface area contributed by atoms with Gasteiger partial charge in [-0.1, -0.05) is 19.1 Å². The fourth-order valence-electron chi connectivity index (χ4n) is 2.37. The van der Waals surface area contributed by atoms with Crippen molar-refractivity contribution in [3.63, 3.8) is 0 Å². The van der Waals surface area contributed by atoms with Crippen LogP contribution in [-0.4, -0.2) is 44.9 Å². The molecule has 1 saturated heterocycles.